The van der Waals surface area contributed by atoms with Crippen molar-refractivity contribution < 1.29 is 18.0 Å². The Labute approximate surface area is 151 Å². The largest absolute Gasteiger partial charge is 0.418 e. The minimum absolute atomic E-state index is 0.0458. The van der Waals surface area contributed by atoms with Crippen molar-refractivity contribution >= 4 is 39.8 Å². The van der Waals surface area contributed by atoms with E-state index in [9.17, 15) is 18.0 Å². The maximum Gasteiger partial charge on any atom is 0.418 e. The highest BCUT2D eigenvalue weighted by Gasteiger charge is 2.33. The monoisotopic (exact) mass is 390 g/mol. The van der Waals surface area contributed by atoms with Crippen molar-refractivity contribution in [1.82, 2.24) is 10.2 Å². The number of nitrogens with zero attached hydrogens (tertiary/aromatic N) is 2. The Morgan fingerprint density at radius 1 is 1.28 bits per heavy atom. The zero-order chi connectivity index (χ0) is 18.3. The summed E-state index contributed by atoms with van der Waals surface area (Å²) >= 11 is 2.44. The number of nitrogens with one attached hydrogen (secondary N) is 2. The number of anilines is 2. The van der Waals surface area contributed by atoms with Crippen molar-refractivity contribution in [2.45, 2.75) is 30.3 Å². The van der Waals surface area contributed by atoms with E-state index < -0.39 is 17.6 Å². The van der Waals surface area contributed by atoms with Gasteiger partial charge in [0, 0.05) is 6.54 Å². The van der Waals surface area contributed by atoms with Crippen molar-refractivity contribution in [3.05, 3.63) is 29.8 Å². The van der Waals surface area contributed by atoms with Crippen LogP contribution < -0.4 is 10.6 Å². The molecule has 5 nitrogen and oxygen atoms in total. The van der Waals surface area contributed by atoms with Crippen LogP contribution in [-0.4, -0.2) is 28.4 Å². The Bertz CT molecular complexity index is 706. The third-order valence-electron chi connectivity index (χ3n) is 3.05. The van der Waals surface area contributed by atoms with Crippen LogP contribution in [-0.2, 0) is 11.0 Å². The molecule has 1 aromatic heterocycles. The zero-order valence-corrected chi connectivity index (χ0v) is 15.0. The number of unbranched alkanes of at least 4 members (excludes halogenated alkanes) is 1. The summed E-state index contributed by atoms with van der Waals surface area (Å²) in [7, 11) is 0. The minimum atomic E-state index is -4.52. The first-order valence-corrected chi connectivity index (χ1v) is 9.36. The highest BCUT2D eigenvalue weighted by atomic mass is 32.2. The number of para-hydroxylation sites is 1. The van der Waals surface area contributed by atoms with Crippen molar-refractivity contribution in [1.29, 1.82) is 0 Å². The van der Waals surface area contributed by atoms with Gasteiger partial charge in [-0.05, 0) is 18.6 Å². The topological polar surface area (TPSA) is 66.9 Å². The van der Waals surface area contributed by atoms with E-state index in [0.29, 0.717) is 9.47 Å². The second kappa shape index (κ2) is 9.04. The van der Waals surface area contributed by atoms with E-state index in [0.717, 1.165) is 37.2 Å². The van der Waals surface area contributed by atoms with Crippen molar-refractivity contribution in [2.75, 3.05) is 22.9 Å². The molecule has 25 heavy (non-hydrogen) atoms. The molecule has 2 rings (SSSR count). The first kappa shape index (κ1) is 19.5. The van der Waals surface area contributed by atoms with E-state index in [1.54, 1.807) is 0 Å². The number of hydrogen-bond acceptors (Lipinski definition) is 6. The normalized spacial score (nSPS) is 11.4. The molecule has 0 bridgehead atoms. The molecule has 136 valence electrons. The van der Waals surface area contributed by atoms with Gasteiger partial charge in [0.15, 0.2) is 4.34 Å². The van der Waals surface area contributed by atoms with Gasteiger partial charge in [-0.15, -0.1) is 10.2 Å². The molecule has 0 aliphatic rings. The second-order valence-electron chi connectivity index (χ2n) is 5.03. The lowest BCUT2D eigenvalue weighted by Gasteiger charge is -2.13. The van der Waals surface area contributed by atoms with Gasteiger partial charge in [-0.1, -0.05) is 48.6 Å². The summed E-state index contributed by atoms with van der Waals surface area (Å²) in [6, 6.07) is 4.88. The first-order chi connectivity index (χ1) is 11.9. The van der Waals surface area contributed by atoms with Gasteiger partial charge in [-0.25, -0.2) is 0 Å². The fraction of sp³-hybridized carbons (Fsp3) is 0.400. The number of hydrogen-bond donors (Lipinski definition) is 2. The number of aromatic nitrogens is 2. The molecule has 2 aromatic rings. The van der Waals surface area contributed by atoms with Crippen LogP contribution >= 0.6 is 23.1 Å². The summed E-state index contributed by atoms with van der Waals surface area (Å²) in [5.41, 5.74) is -1.12. The Morgan fingerprint density at radius 2 is 2.04 bits per heavy atom. The van der Waals surface area contributed by atoms with Crippen LogP contribution in [0.2, 0.25) is 0 Å². The molecular formula is C15H17F3N4OS2. The van der Waals surface area contributed by atoms with E-state index in [1.807, 2.05) is 0 Å². The standard InChI is InChI=1S/C15H17F3N4OS2/c1-2-3-8-19-13-21-22-14(25-13)24-9-12(23)20-11-7-5-4-6-10(11)15(16,17)18/h4-7H,2-3,8-9H2,1H3,(H,19,21)(H,20,23). The predicted molar refractivity (Wildman–Crippen MR) is 94.1 cm³/mol. The fourth-order valence-electron chi connectivity index (χ4n) is 1.86. The van der Waals surface area contributed by atoms with Crippen LogP contribution in [0.25, 0.3) is 0 Å². The highest BCUT2D eigenvalue weighted by Crippen LogP contribution is 2.34. The van der Waals surface area contributed by atoms with Crippen LogP contribution in [0.1, 0.15) is 25.3 Å². The SMILES string of the molecule is CCCCNc1nnc(SCC(=O)Nc2ccccc2C(F)(F)F)s1. The number of halogens is 3. The maximum atomic E-state index is 12.9. The molecule has 0 unspecified atom stereocenters. The van der Waals surface area contributed by atoms with Crippen LogP contribution in [0.3, 0.4) is 0 Å². The lowest BCUT2D eigenvalue weighted by Crippen LogP contribution is -2.18. The molecular weight excluding hydrogens is 373 g/mol. The van der Waals surface area contributed by atoms with E-state index >= 15 is 0 Å². The summed E-state index contributed by atoms with van der Waals surface area (Å²) in [5.74, 6) is -0.576. The number of thioether (sulfide) groups is 1. The third-order valence-corrected chi connectivity index (χ3v) is 5.06. The molecule has 0 aliphatic heterocycles. The van der Waals surface area contributed by atoms with Gasteiger partial charge >= 0.3 is 6.18 Å². The number of carbonyl (C=O) groups is 1. The molecule has 10 heteroatoms. The van der Waals surface area contributed by atoms with Gasteiger partial charge in [-0.2, -0.15) is 13.2 Å². The minimum Gasteiger partial charge on any atom is -0.360 e. The molecule has 1 aromatic carbocycles. The molecule has 0 saturated carbocycles. The number of carbonyl (C=O) groups excluding carboxylic acids is 1. The summed E-state index contributed by atoms with van der Waals surface area (Å²) in [5, 5.41) is 14.0. The number of amides is 1. The lowest BCUT2D eigenvalue weighted by molar-refractivity contribution is -0.137. The summed E-state index contributed by atoms with van der Waals surface area (Å²) in [4.78, 5) is 11.9. The van der Waals surface area contributed by atoms with Gasteiger partial charge in [-0.3, -0.25) is 4.79 Å². The average Bonchev–Trinajstić information content (AvgIpc) is 3.01. The molecule has 0 aliphatic carbocycles. The Hall–Kier alpha value is -1.81. The lowest BCUT2D eigenvalue weighted by atomic mass is 10.1. The Kier molecular flexibility index (Phi) is 7.06. The average molecular weight is 390 g/mol. The van der Waals surface area contributed by atoms with Crippen LogP contribution in [0.4, 0.5) is 24.0 Å². The van der Waals surface area contributed by atoms with Crippen LogP contribution in [0.15, 0.2) is 28.6 Å². The molecule has 0 radical (unpaired) electrons. The number of benzene rings is 1. The molecule has 2 N–H and O–H groups in total. The van der Waals surface area contributed by atoms with E-state index in [4.69, 9.17) is 0 Å². The second-order valence-corrected chi connectivity index (χ2v) is 7.23. The molecule has 1 heterocycles. The highest BCUT2D eigenvalue weighted by molar-refractivity contribution is 8.01. The van der Waals surface area contributed by atoms with E-state index in [1.165, 1.54) is 29.5 Å². The van der Waals surface area contributed by atoms with Crippen LogP contribution in [0, 0.1) is 0 Å². The molecule has 0 fully saturated rings. The Morgan fingerprint density at radius 3 is 2.76 bits per heavy atom. The molecule has 0 saturated heterocycles. The van der Waals surface area contributed by atoms with Gasteiger partial charge in [0.2, 0.25) is 11.0 Å². The third kappa shape index (κ3) is 6.20. The van der Waals surface area contributed by atoms with E-state index in [-0.39, 0.29) is 11.4 Å². The van der Waals surface area contributed by atoms with Gasteiger partial charge in [0.25, 0.3) is 0 Å². The first-order valence-electron chi connectivity index (χ1n) is 7.56. The smallest absolute Gasteiger partial charge is 0.360 e. The van der Waals surface area contributed by atoms with Crippen molar-refractivity contribution in [3.8, 4) is 0 Å². The Balaban J connectivity index is 1.87. The van der Waals surface area contributed by atoms with Crippen molar-refractivity contribution in [3.63, 3.8) is 0 Å². The number of alkyl halides is 3. The van der Waals surface area contributed by atoms with E-state index in [2.05, 4.69) is 27.8 Å². The molecule has 0 atom stereocenters. The maximum absolute atomic E-state index is 12.9. The zero-order valence-electron chi connectivity index (χ0n) is 13.4. The summed E-state index contributed by atoms with van der Waals surface area (Å²) in [6.45, 7) is 2.88. The van der Waals surface area contributed by atoms with Gasteiger partial charge in [0.05, 0.1) is 17.0 Å². The van der Waals surface area contributed by atoms with Gasteiger partial charge < -0.3 is 10.6 Å². The summed E-state index contributed by atoms with van der Waals surface area (Å²) in [6.07, 6.45) is -2.44. The predicted octanol–water partition coefficient (Wildman–Crippen LogP) is 4.50. The number of rotatable bonds is 8. The quantitative estimate of drug-likeness (QED) is 0.513. The van der Waals surface area contributed by atoms with Gasteiger partial charge in [0.1, 0.15) is 0 Å². The molecule has 0 spiro atoms. The summed E-state index contributed by atoms with van der Waals surface area (Å²) < 4.78 is 39.3. The molecule has 1 amide bonds. The van der Waals surface area contributed by atoms with Crippen LogP contribution in [0.5, 0.6) is 0 Å². The fourth-order valence-corrected chi connectivity index (χ4v) is 3.44. The van der Waals surface area contributed by atoms with Crippen molar-refractivity contribution in [2.24, 2.45) is 0 Å².